The van der Waals surface area contributed by atoms with Crippen molar-refractivity contribution >= 4 is 16.0 Å². The van der Waals surface area contributed by atoms with Gasteiger partial charge in [-0.05, 0) is 35.1 Å². The molecule has 0 fully saturated rings. The summed E-state index contributed by atoms with van der Waals surface area (Å²) in [6.45, 7) is 4.06. The molecule has 0 amide bonds. The zero-order valence-electron chi connectivity index (χ0n) is 19.4. The minimum absolute atomic E-state index is 0.0145. The molecule has 176 valence electrons. The largest absolute Gasteiger partial charge is 0.461 e. The zero-order chi connectivity index (χ0) is 23.8. The number of aryl methyl sites for hydroxylation is 2. The molecule has 0 aliphatic heterocycles. The summed E-state index contributed by atoms with van der Waals surface area (Å²) in [5, 5.41) is 0.0145. The number of benzene rings is 2. The molecule has 8 heteroatoms. The summed E-state index contributed by atoms with van der Waals surface area (Å²) in [5.41, 5.74) is 3.76. The summed E-state index contributed by atoms with van der Waals surface area (Å²) in [6.07, 6.45) is 6.26. The number of imidazole rings is 1. The van der Waals surface area contributed by atoms with Crippen molar-refractivity contribution in [2.24, 2.45) is 7.05 Å². The predicted octanol–water partition coefficient (Wildman–Crippen LogP) is 4.22. The molecule has 0 unspecified atom stereocenters. The van der Waals surface area contributed by atoms with E-state index in [1.54, 1.807) is 11.6 Å². The van der Waals surface area contributed by atoms with Gasteiger partial charge < -0.3 is 9.30 Å². The van der Waals surface area contributed by atoms with Crippen molar-refractivity contribution in [2.75, 3.05) is 0 Å². The van der Waals surface area contributed by atoms with Crippen molar-refractivity contribution in [3.05, 3.63) is 83.3 Å². The average molecular weight is 470 g/mol. The van der Waals surface area contributed by atoms with E-state index >= 15 is 0 Å². The number of ether oxygens (including phenoxy) is 1. The highest BCUT2D eigenvalue weighted by Gasteiger charge is 2.27. The number of aromatic nitrogens is 2. The Morgan fingerprint density at radius 1 is 1.03 bits per heavy atom. The highest BCUT2D eigenvalue weighted by atomic mass is 32.2. The summed E-state index contributed by atoms with van der Waals surface area (Å²) < 4.78 is 35.0. The molecule has 0 radical (unpaired) electrons. The van der Waals surface area contributed by atoms with E-state index < -0.39 is 10.0 Å². The molecule has 0 spiro atoms. The number of hydrogen-bond acceptors (Lipinski definition) is 5. The minimum Gasteiger partial charge on any atom is -0.461 e. The van der Waals surface area contributed by atoms with Crippen LogP contribution in [-0.2, 0) is 52.7 Å². The van der Waals surface area contributed by atoms with Crippen molar-refractivity contribution in [3.8, 4) is 0 Å². The minimum atomic E-state index is -3.82. The fourth-order valence-electron chi connectivity index (χ4n) is 3.48. The van der Waals surface area contributed by atoms with Crippen LogP contribution in [0.15, 0.2) is 66.1 Å². The van der Waals surface area contributed by atoms with Gasteiger partial charge >= 0.3 is 5.97 Å². The molecule has 1 aromatic heterocycles. The first-order valence-electron chi connectivity index (χ1n) is 11.0. The Morgan fingerprint density at radius 3 is 2.33 bits per heavy atom. The Hall–Kier alpha value is -2.97. The van der Waals surface area contributed by atoms with Crippen LogP contribution >= 0.6 is 0 Å². The first kappa shape index (κ1) is 24.7. The lowest BCUT2D eigenvalue weighted by molar-refractivity contribution is -0.142. The number of hydrogen-bond donors (Lipinski definition) is 0. The van der Waals surface area contributed by atoms with Crippen LogP contribution in [0.5, 0.6) is 0 Å². The van der Waals surface area contributed by atoms with E-state index in [0.717, 1.165) is 36.0 Å². The lowest BCUT2D eigenvalue weighted by Gasteiger charge is -2.22. The van der Waals surface area contributed by atoms with Crippen LogP contribution in [0, 0.1) is 0 Å². The molecular weight excluding hydrogens is 438 g/mol. The molecule has 0 aliphatic rings. The summed E-state index contributed by atoms with van der Waals surface area (Å²) in [4.78, 5) is 15.2. The molecule has 3 aromatic rings. The van der Waals surface area contributed by atoms with E-state index in [0.29, 0.717) is 0 Å². The van der Waals surface area contributed by atoms with Crippen LogP contribution in [0.4, 0.5) is 0 Å². The Balaban J connectivity index is 1.86. The number of esters is 1. The summed E-state index contributed by atoms with van der Waals surface area (Å²) >= 11 is 0. The third kappa shape index (κ3) is 7.00. The van der Waals surface area contributed by atoms with Crippen LogP contribution < -0.4 is 0 Å². The fourth-order valence-corrected chi connectivity index (χ4v) is 4.86. The van der Waals surface area contributed by atoms with Gasteiger partial charge in [-0.1, -0.05) is 61.9 Å². The summed E-state index contributed by atoms with van der Waals surface area (Å²) in [5.74, 6) is -0.359. The molecule has 33 heavy (non-hydrogen) atoms. The number of carbonyl (C=O) groups excluding carboxylic acids is 1. The van der Waals surface area contributed by atoms with Crippen molar-refractivity contribution < 1.29 is 17.9 Å². The van der Waals surface area contributed by atoms with E-state index in [2.05, 4.69) is 24.0 Å². The second-order valence-electron chi connectivity index (χ2n) is 8.17. The number of carbonyl (C=O) groups is 1. The van der Waals surface area contributed by atoms with Gasteiger partial charge in [0.25, 0.3) is 10.0 Å². The Labute approximate surface area is 196 Å². The first-order valence-corrected chi connectivity index (χ1v) is 12.5. The van der Waals surface area contributed by atoms with Gasteiger partial charge in [-0.15, -0.1) is 0 Å². The van der Waals surface area contributed by atoms with Crippen molar-refractivity contribution in [1.82, 2.24) is 13.9 Å². The second kappa shape index (κ2) is 11.2. The highest BCUT2D eigenvalue weighted by Crippen LogP contribution is 2.21. The number of sulfonamides is 1. The average Bonchev–Trinajstić information content (AvgIpc) is 3.24. The quantitative estimate of drug-likeness (QED) is 0.393. The molecule has 1 heterocycles. The second-order valence-corrected chi connectivity index (χ2v) is 10.1. The van der Waals surface area contributed by atoms with Gasteiger partial charge in [0.1, 0.15) is 6.61 Å². The highest BCUT2D eigenvalue weighted by molar-refractivity contribution is 7.89. The van der Waals surface area contributed by atoms with Gasteiger partial charge in [0, 0.05) is 33.3 Å². The maximum absolute atomic E-state index is 13.4. The Kier molecular flexibility index (Phi) is 8.41. The van der Waals surface area contributed by atoms with Gasteiger partial charge in [-0.25, -0.2) is 13.4 Å². The van der Waals surface area contributed by atoms with E-state index in [-0.39, 0.29) is 30.7 Å². The third-order valence-electron chi connectivity index (χ3n) is 5.28. The lowest BCUT2D eigenvalue weighted by Crippen LogP contribution is -2.30. The molecule has 0 saturated heterocycles. The van der Waals surface area contributed by atoms with Crippen LogP contribution in [0.2, 0.25) is 0 Å². The maximum atomic E-state index is 13.4. The third-order valence-corrected chi connectivity index (χ3v) is 6.96. The van der Waals surface area contributed by atoms with E-state index in [1.165, 1.54) is 29.3 Å². The molecule has 0 atom stereocenters. The van der Waals surface area contributed by atoms with Crippen molar-refractivity contribution in [3.63, 3.8) is 0 Å². The fraction of sp³-hybridized carbons (Fsp3) is 0.360. The predicted molar refractivity (Wildman–Crippen MR) is 127 cm³/mol. The van der Waals surface area contributed by atoms with E-state index in [4.69, 9.17) is 4.74 Å². The monoisotopic (exact) mass is 469 g/mol. The number of rotatable bonds is 11. The van der Waals surface area contributed by atoms with Crippen LogP contribution in [0.3, 0.4) is 0 Å². The molecule has 3 rings (SSSR count). The standard InChI is InChI=1S/C25H31N3O4S/c1-4-5-7-21-10-12-22(13-11-21)15-28(33(30,31)25-17-27(3)19-26-25)16-23-8-6-9-24(14-23)18-32-20(2)29/h6,8-14,17,19H,4-5,7,15-16,18H2,1-3H3. The van der Waals surface area contributed by atoms with E-state index in [1.807, 2.05) is 36.4 Å². The topological polar surface area (TPSA) is 81.5 Å². The normalized spacial score (nSPS) is 11.6. The van der Waals surface area contributed by atoms with Gasteiger partial charge in [-0.3, -0.25) is 4.79 Å². The molecule has 0 N–H and O–H groups in total. The van der Waals surface area contributed by atoms with Gasteiger partial charge in [0.15, 0.2) is 5.03 Å². The van der Waals surface area contributed by atoms with Gasteiger partial charge in [-0.2, -0.15) is 4.31 Å². The number of unbranched alkanes of at least 4 members (excludes halogenated alkanes) is 1. The molecule has 7 nitrogen and oxygen atoms in total. The van der Waals surface area contributed by atoms with Crippen LogP contribution in [-0.4, -0.2) is 28.2 Å². The summed E-state index contributed by atoms with van der Waals surface area (Å²) in [6, 6.07) is 15.5. The summed E-state index contributed by atoms with van der Waals surface area (Å²) in [7, 11) is -2.08. The lowest BCUT2D eigenvalue weighted by atomic mass is 10.1. The number of nitrogens with zero attached hydrogens (tertiary/aromatic N) is 3. The SMILES string of the molecule is CCCCc1ccc(CN(Cc2cccc(COC(C)=O)c2)S(=O)(=O)c2cn(C)cn2)cc1. The van der Waals surface area contributed by atoms with E-state index in [9.17, 15) is 13.2 Å². The molecule has 2 aromatic carbocycles. The van der Waals surface area contributed by atoms with Crippen LogP contribution in [0.1, 0.15) is 48.9 Å². The smallest absolute Gasteiger partial charge is 0.302 e. The molecular formula is C25H31N3O4S. The Morgan fingerprint density at radius 2 is 1.70 bits per heavy atom. The maximum Gasteiger partial charge on any atom is 0.302 e. The van der Waals surface area contributed by atoms with Crippen molar-refractivity contribution in [2.45, 2.75) is 57.8 Å². The molecule has 0 bridgehead atoms. The van der Waals surface area contributed by atoms with Crippen LogP contribution in [0.25, 0.3) is 0 Å². The molecule has 0 saturated carbocycles. The van der Waals surface area contributed by atoms with Crippen molar-refractivity contribution in [1.29, 1.82) is 0 Å². The van der Waals surface area contributed by atoms with Gasteiger partial charge in [0.05, 0.1) is 6.33 Å². The molecule has 0 aliphatic carbocycles. The van der Waals surface area contributed by atoms with Gasteiger partial charge in [0.2, 0.25) is 0 Å². The zero-order valence-corrected chi connectivity index (χ0v) is 20.2. The first-order chi connectivity index (χ1) is 15.8. The Bertz CT molecular complexity index is 1170.